The number of fused-ring (bicyclic) bond motifs is 1. The van der Waals surface area contributed by atoms with Crippen molar-refractivity contribution in [1.29, 1.82) is 0 Å². The van der Waals surface area contributed by atoms with Crippen molar-refractivity contribution in [3.63, 3.8) is 0 Å². The molecular formula is C15H11BrN4O2. The van der Waals surface area contributed by atoms with Gasteiger partial charge in [0.1, 0.15) is 5.70 Å². The molecule has 0 spiro atoms. The van der Waals surface area contributed by atoms with Crippen molar-refractivity contribution in [2.75, 3.05) is 11.9 Å². The zero-order valence-corrected chi connectivity index (χ0v) is 12.9. The molecule has 2 aromatic rings. The number of nitrogens with one attached hydrogen (secondary N) is 1. The summed E-state index contributed by atoms with van der Waals surface area (Å²) in [5.74, 6) is 0. The summed E-state index contributed by atoms with van der Waals surface area (Å²) in [4.78, 5) is 19.1. The number of hydrogen-bond donors (Lipinski definition) is 1. The third-order valence-electron chi connectivity index (χ3n) is 3.11. The standard InChI is InChI=1S/C15H11BrN4O2/c16-10-4-5-13-12(7-10)15(14-3-1-2-6-17-14)18-8-11(19-13)9-20(21)22/h1-7,9,19H,8H2/b11-9-. The summed E-state index contributed by atoms with van der Waals surface area (Å²) in [6.45, 7) is 0.194. The highest BCUT2D eigenvalue weighted by Gasteiger charge is 2.18. The fraction of sp³-hybridized carbons (Fsp3) is 0.0667. The third kappa shape index (κ3) is 3.04. The number of rotatable bonds is 2. The van der Waals surface area contributed by atoms with Gasteiger partial charge in [0, 0.05) is 21.9 Å². The lowest BCUT2D eigenvalue weighted by Crippen LogP contribution is -2.07. The Labute approximate surface area is 134 Å². The van der Waals surface area contributed by atoms with Crippen LogP contribution in [0.4, 0.5) is 5.69 Å². The quantitative estimate of drug-likeness (QED) is 0.660. The molecule has 1 aromatic heterocycles. The van der Waals surface area contributed by atoms with Crippen molar-refractivity contribution in [2.24, 2.45) is 4.99 Å². The lowest BCUT2D eigenvalue weighted by Gasteiger charge is -2.10. The van der Waals surface area contributed by atoms with Crippen LogP contribution in [-0.4, -0.2) is 22.2 Å². The van der Waals surface area contributed by atoms with Crippen LogP contribution in [0.15, 0.2) is 64.0 Å². The Kier molecular flexibility index (Phi) is 3.97. The number of benzodiazepines with no additional fused rings is 1. The number of aromatic nitrogens is 1. The Morgan fingerprint density at radius 3 is 2.91 bits per heavy atom. The predicted octanol–water partition coefficient (Wildman–Crippen LogP) is 3.23. The van der Waals surface area contributed by atoms with E-state index in [9.17, 15) is 10.1 Å². The van der Waals surface area contributed by atoms with Crippen molar-refractivity contribution in [3.05, 3.63) is 80.3 Å². The topological polar surface area (TPSA) is 80.4 Å². The minimum Gasteiger partial charge on any atom is -0.352 e. The van der Waals surface area contributed by atoms with E-state index >= 15 is 0 Å². The van der Waals surface area contributed by atoms with Gasteiger partial charge in [-0.05, 0) is 30.3 Å². The molecule has 0 amide bonds. The monoisotopic (exact) mass is 358 g/mol. The lowest BCUT2D eigenvalue weighted by atomic mass is 10.0. The normalized spacial score (nSPS) is 15.5. The van der Waals surface area contributed by atoms with Gasteiger partial charge >= 0.3 is 0 Å². The zero-order chi connectivity index (χ0) is 15.5. The summed E-state index contributed by atoms with van der Waals surface area (Å²) in [7, 11) is 0. The molecule has 7 heteroatoms. The lowest BCUT2D eigenvalue weighted by molar-refractivity contribution is -0.403. The first kappa shape index (κ1) is 14.4. The Balaban J connectivity index is 2.15. The Morgan fingerprint density at radius 2 is 2.18 bits per heavy atom. The van der Waals surface area contributed by atoms with E-state index in [1.54, 1.807) is 6.20 Å². The van der Waals surface area contributed by atoms with E-state index in [2.05, 4.69) is 31.2 Å². The molecule has 110 valence electrons. The van der Waals surface area contributed by atoms with E-state index in [0.717, 1.165) is 27.6 Å². The van der Waals surface area contributed by atoms with E-state index < -0.39 is 4.92 Å². The molecule has 1 aromatic carbocycles. The molecule has 0 atom stereocenters. The molecule has 0 aliphatic carbocycles. The highest BCUT2D eigenvalue weighted by atomic mass is 79.9. The molecule has 3 rings (SSSR count). The molecule has 22 heavy (non-hydrogen) atoms. The van der Waals surface area contributed by atoms with Crippen LogP contribution >= 0.6 is 15.9 Å². The van der Waals surface area contributed by atoms with E-state index in [1.165, 1.54) is 0 Å². The highest BCUT2D eigenvalue weighted by Crippen LogP contribution is 2.27. The van der Waals surface area contributed by atoms with Crippen molar-refractivity contribution >= 4 is 27.3 Å². The van der Waals surface area contributed by atoms with Crippen LogP contribution in [0.5, 0.6) is 0 Å². The van der Waals surface area contributed by atoms with E-state index in [4.69, 9.17) is 0 Å². The summed E-state index contributed by atoms with van der Waals surface area (Å²) in [5, 5.41) is 13.8. The molecule has 1 N–H and O–H groups in total. The Morgan fingerprint density at radius 1 is 1.32 bits per heavy atom. The minimum atomic E-state index is -0.484. The maximum atomic E-state index is 10.7. The number of anilines is 1. The van der Waals surface area contributed by atoms with Gasteiger partial charge in [0.2, 0.25) is 0 Å². The summed E-state index contributed by atoms with van der Waals surface area (Å²) < 4.78 is 0.901. The van der Waals surface area contributed by atoms with Crippen molar-refractivity contribution in [2.45, 2.75) is 0 Å². The second-order valence-corrected chi connectivity index (χ2v) is 5.55. The van der Waals surface area contributed by atoms with Crippen LogP contribution in [-0.2, 0) is 0 Å². The molecule has 1 aliphatic heterocycles. The second kappa shape index (κ2) is 6.07. The molecule has 0 saturated carbocycles. The van der Waals surface area contributed by atoms with Gasteiger partial charge in [0.15, 0.2) is 0 Å². The largest absolute Gasteiger partial charge is 0.352 e. The SMILES string of the molecule is O=[N+]([O-])/C=C1/CN=C(c2ccccn2)c2cc(Br)ccc2N1. The van der Waals surface area contributed by atoms with Crippen molar-refractivity contribution < 1.29 is 4.92 Å². The molecule has 1 aliphatic rings. The van der Waals surface area contributed by atoms with Crippen molar-refractivity contribution in [1.82, 2.24) is 4.98 Å². The maximum absolute atomic E-state index is 10.7. The van der Waals surface area contributed by atoms with Crippen LogP contribution < -0.4 is 5.32 Å². The summed E-state index contributed by atoms with van der Waals surface area (Å²) in [6.07, 6.45) is 2.64. The average molecular weight is 359 g/mol. The molecule has 0 saturated heterocycles. The number of nitro groups is 1. The van der Waals surface area contributed by atoms with Gasteiger partial charge in [-0.15, -0.1) is 0 Å². The van der Waals surface area contributed by atoms with Gasteiger partial charge in [-0.2, -0.15) is 0 Å². The van der Waals surface area contributed by atoms with Crippen LogP contribution in [0, 0.1) is 10.1 Å². The second-order valence-electron chi connectivity index (χ2n) is 4.63. The maximum Gasteiger partial charge on any atom is 0.255 e. The fourth-order valence-electron chi connectivity index (χ4n) is 2.21. The number of benzene rings is 1. The molecule has 0 unspecified atom stereocenters. The Bertz CT molecular complexity index is 787. The van der Waals surface area contributed by atoms with Gasteiger partial charge in [-0.1, -0.05) is 22.0 Å². The first-order valence-electron chi connectivity index (χ1n) is 6.50. The van der Waals surface area contributed by atoms with Crippen LogP contribution in [0.1, 0.15) is 11.3 Å². The minimum absolute atomic E-state index is 0.194. The smallest absolute Gasteiger partial charge is 0.255 e. The number of aliphatic imine (C=N–C) groups is 1. The van der Waals surface area contributed by atoms with Gasteiger partial charge < -0.3 is 5.32 Å². The molecule has 6 nitrogen and oxygen atoms in total. The Hall–Kier alpha value is -2.54. The van der Waals surface area contributed by atoms with Crippen LogP contribution in [0.25, 0.3) is 0 Å². The van der Waals surface area contributed by atoms with Gasteiger partial charge in [-0.3, -0.25) is 20.1 Å². The fourth-order valence-corrected chi connectivity index (χ4v) is 2.57. The van der Waals surface area contributed by atoms with E-state index in [0.29, 0.717) is 11.4 Å². The molecule has 0 fully saturated rings. The number of halogens is 1. The number of nitrogens with zero attached hydrogens (tertiary/aromatic N) is 3. The first-order chi connectivity index (χ1) is 10.6. The predicted molar refractivity (Wildman–Crippen MR) is 87.6 cm³/mol. The molecular weight excluding hydrogens is 348 g/mol. The van der Waals surface area contributed by atoms with Crippen molar-refractivity contribution in [3.8, 4) is 0 Å². The van der Waals surface area contributed by atoms with Crippen LogP contribution in [0.2, 0.25) is 0 Å². The van der Waals surface area contributed by atoms with Crippen LogP contribution in [0.3, 0.4) is 0 Å². The average Bonchev–Trinajstić information content (AvgIpc) is 2.66. The summed E-state index contributed by atoms with van der Waals surface area (Å²) in [5.41, 5.74) is 3.47. The summed E-state index contributed by atoms with van der Waals surface area (Å²) in [6, 6.07) is 11.2. The molecule has 0 radical (unpaired) electrons. The molecule has 0 bridgehead atoms. The van der Waals surface area contributed by atoms with E-state index in [-0.39, 0.29) is 6.54 Å². The highest BCUT2D eigenvalue weighted by molar-refractivity contribution is 9.10. The first-order valence-corrected chi connectivity index (χ1v) is 7.30. The van der Waals surface area contributed by atoms with E-state index in [1.807, 2.05) is 36.4 Å². The summed E-state index contributed by atoms with van der Waals surface area (Å²) >= 11 is 3.45. The van der Waals surface area contributed by atoms with Gasteiger partial charge in [-0.25, -0.2) is 0 Å². The third-order valence-corrected chi connectivity index (χ3v) is 3.60. The number of hydrogen-bond acceptors (Lipinski definition) is 5. The van der Waals surface area contributed by atoms with Gasteiger partial charge in [0.25, 0.3) is 6.20 Å². The number of pyridine rings is 1. The molecule has 2 heterocycles. The van der Waals surface area contributed by atoms with Gasteiger partial charge in [0.05, 0.1) is 22.9 Å². The zero-order valence-electron chi connectivity index (χ0n) is 11.4.